The summed E-state index contributed by atoms with van der Waals surface area (Å²) < 4.78 is 11.1. The Morgan fingerprint density at radius 1 is 1.16 bits per heavy atom. The number of anilines is 1. The molecule has 31 heavy (non-hydrogen) atoms. The molecule has 2 amide bonds. The van der Waals surface area contributed by atoms with E-state index in [1.807, 2.05) is 6.07 Å². The Hall–Kier alpha value is -2.57. The van der Waals surface area contributed by atoms with Crippen molar-refractivity contribution in [3.8, 4) is 5.75 Å². The number of ether oxygens (including phenoxy) is 2. The molecule has 0 radical (unpaired) electrons. The Kier molecular flexibility index (Phi) is 5.15. The van der Waals surface area contributed by atoms with Gasteiger partial charge in [-0.25, -0.2) is 0 Å². The lowest BCUT2D eigenvalue weighted by Gasteiger charge is -2.57. The Labute approximate surface area is 182 Å². The zero-order valence-corrected chi connectivity index (χ0v) is 18.0. The Bertz CT molecular complexity index is 862. The van der Waals surface area contributed by atoms with E-state index in [1.165, 1.54) is 24.2 Å². The molecule has 0 aromatic heterocycles. The van der Waals surface area contributed by atoms with Crippen molar-refractivity contribution in [2.45, 2.75) is 63.5 Å². The molecular formula is C24H30N2O5. The minimum Gasteiger partial charge on any atom is -0.491 e. The Morgan fingerprint density at radius 2 is 1.81 bits per heavy atom. The normalized spacial score (nSPS) is 32.0. The van der Waals surface area contributed by atoms with Crippen LogP contribution in [0.4, 0.5) is 5.69 Å². The standard InChI is InChI=1S/C24H30N2O5/c1-15(23(29)25-24-11-16-8-17(12-24)10-18(9-16)13-24)31-22(28)14-26-19-4-2-3-5-20(19)30-7-6-21(26)27/h2-5,15-18H,6-14H2,1H3,(H,25,29)/t15-,16?,17?,18?,24?/m1/s1. The van der Waals surface area contributed by atoms with E-state index in [4.69, 9.17) is 9.47 Å². The van der Waals surface area contributed by atoms with Gasteiger partial charge < -0.3 is 14.8 Å². The van der Waals surface area contributed by atoms with Gasteiger partial charge in [-0.2, -0.15) is 0 Å². The van der Waals surface area contributed by atoms with E-state index in [0.29, 0.717) is 11.4 Å². The highest BCUT2D eigenvalue weighted by Gasteiger charge is 2.51. The summed E-state index contributed by atoms with van der Waals surface area (Å²) in [6, 6.07) is 7.13. The van der Waals surface area contributed by atoms with Crippen LogP contribution >= 0.6 is 0 Å². The molecule has 0 spiro atoms. The van der Waals surface area contributed by atoms with Crippen molar-refractivity contribution >= 4 is 23.5 Å². The monoisotopic (exact) mass is 426 g/mol. The topological polar surface area (TPSA) is 84.9 Å². The lowest BCUT2D eigenvalue weighted by Crippen LogP contribution is -2.61. The van der Waals surface area contributed by atoms with Crippen molar-refractivity contribution in [3.05, 3.63) is 24.3 Å². The molecule has 4 saturated carbocycles. The van der Waals surface area contributed by atoms with Gasteiger partial charge in [0.25, 0.3) is 5.91 Å². The van der Waals surface area contributed by atoms with Gasteiger partial charge >= 0.3 is 5.97 Å². The molecule has 4 aliphatic carbocycles. The second-order valence-corrected chi connectivity index (χ2v) is 9.87. The van der Waals surface area contributed by atoms with Gasteiger partial charge in [0.05, 0.1) is 18.7 Å². The van der Waals surface area contributed by atoms with Crippen molar-refractivity contribution in [1.82, 2.24) is 5.32 Å². The van der Waals surface area contributed by atoms with Crippen LogP contribution in [-0.4, -0.2) is 42.6 Å². The lowest BCUT2D eigenvalue weighted by molar-refractivity contribution is -0.155. The van der Waals surface area contributed by atoms with Crippen molar-refractivity contribution in [3.63, 3.8) is 0 Å². The number of para-hydroxylation sites is 2. The van der Waals surface area contributed by atoms with Gasteiger partial charge in [0, 0.05) is 5.54 Å². The van der Waals surface area contributed by atoms with Crippen molar-refractivity contribution in [1.29, 1.82) is 0 Å². The Balaban J connectivity index is 1.21. The molecule has 7 nitrogen and oxygen atoms in total. The molecule has 1 N–H and O–H groups in total. The van der Waals surface area contributed by atoms with Crippen LogP contribution in [0.1, 0.15) is 51.9 Å². The fourth-order valence-corrected chi connectivity index (χ4v) is 6.54. The summed E-state index contributed by atoms with van der Waals surface area (Å²) in [6.45, 7) is 1.63. The Morgan fingerprint density at radius 3 is 2.48 bits per heavy atom. The third-order valence-electron chi connectivity index (χ3n) is 7.42. The van der Waals surface area contributed by atoms with Gasteiger partial charge in [-0.3, -0.25) is 19.3 Å². The summed E-state index contributed by atoms with van der Waals surface area (Å²) in [4.78, 5) is 39.4. The first-order valence-electron chi connectivity index (χ1n) is 11.4. The highest BCUT2D eigenvalue weighted by Crippen LogP contribution is 2.55. The van der Waals surface area contributed by atoms with E-state index < -0.39 is 12.1 Å². The van der Waals surface area contributed by atoms with Gasteiger partial charge in [0.15, 0.2) is 6.10 Å². The first kappa shape index (κ1) is 20.3. The second-order valence-electron chi connectivity index (χ2n) is 9.87. The van der Waals surface area contributed by atoms with E-state index in [2.05, 4.69) is 5.32 Å². The maximum absolute atomic E-state index is 12.9. The summed E-state index contributed by atoms with van der Waals surface area (Å²) in [7, 11) is 0. The predicted molar refractivity (Wildman–Crippen MR) is 114 cm³/mol. The fourth-order valence-electron chi connectivity index (χ4n) is 6.54. The maximum Gasteiger partial charge on any atom is 0.326 e. The average molecular weight is 427 g/mol. The van der Waals surface area contributed by atoms with Crippen LogP contribution in [0.2, 0.25) is 0 Å². The van der Waals surface area contributed by atoms with Crippen LogP contribution in [0.3, 0.4) is 0 Å². The number of amides is 2. The minimum absolute atomic E-state index is 0.121. The minimum atomic E-state index is -0.894. The molecule has 4 bridgehead atoms. The van der Waals surface area contributed by atoms with Crippen LogP contribution in [0.25, 0.3) is 0 Å². The number of esters is 1. The van der Waals surface area contributed by atoms with Crippen LogP contribution in [-0.2, 0) is 19.1 Å². The summed E-state index contributed by atoms with van der Waals surface area (Å²) in [6.07, 6.45) is 6.33. The number of hydrogen-bond donors (Lipinski definition) is 1. The van der Waals surface area contributed by atoms with E-state index in [-0.39, 0.29) is 36.9 Å². The van der Waals surface area contributed by atoms with Gasteiger partial charge in [0.2, 0.25) is 5.91 Å². The van der Waals surface area contributed by atoms with Crippen molar-refractivity contribution < 1.29 is 23.9 Å². The summed E-state index contributed by atoms with van der Waals surface area (Å²) in [5, 5.41) is 3.25. The fraction of sp³-hybridized carbons (Fsp3) is 0.625. The number of carbonyl (C=O) groups is 3. The van der Waals surface area contributed by atoms with Crippen LogP contribution in [0, 0.1) is 17.8 Å². The number of nitrogens with one attached hydrogen (secondary N) is 1. The molecule has 1 aromatic carbocycles. The average Bonchev–Trinajstić information content (AvgIpc) is 2.85. The third kappa shape index (κ3) is 4.02. The van der Waals surface area contributed by atoms with Crippen LogP contribution < -0.4 is 15.0 Å². The molecule has 4 fully saturated rings. The molecule has 5 aliphatic rings. The summed E-state index contributed by atoms with van der Waals surface area (Å²) in [5.74, 6) is 1.70. The van der Waals surface area contributed by atoms with Crippen LogP contribution in [0.15, 0.2) is 24.3 Å². The van der Waals surface area contributed by atoms with Gasteiger partial charge in [-0.1, -0.05) is 12.1 Å². The number of hydrogen-bond acceptors (Lipinski definition) is 5. The molecule has 6 rings (SSSR count). The first-order chi connectivity index (χ1) is 14.9. The molecule has 1 aromatic rings. The largest absolute Gasteiger partial charge is 0.491 e. The zero-order valence-electron chi connectivity index (χ0n) is 18.0. The number of benzene rings is 1. The number of fused-ring (bicyclic) bond motifs is 1. The molecular weight excluding hydrogens is 396 g/mol. The molecule has 0 saturated heterocycles. The zero-order chi connectivity index (χ0) is 21.6. The quantitative estimate of drug-likeness (QED) is 0.732. The summed E-state index contributed by atoms with van der Waals surface area (Å²) >= 11 is 0. The molecule has 166 valence electrons. The van der Waals surface area contributed by atoms with E-state index in [9.17, 15) is 14.4 Å². The van der Waals surface area contributed by atoms with E-state index in [1.54, 1.807) is 25.1 Å². The highest BCUT2D eigenvalue weighted by atomic mass is 16.5. The number of rotatable bonds is 5. The van der Waals surface area contributed by atoms with Gasteiger partial charge in [-0.15, -0.1) is 0 Å². The highest BCUT2D eigenvalue weighted by molar-refractivity contribution is 5.99. The summed E-state index contributed by atoms with van der Waals surface area (Å²) in [5.41, 5.74) is 0.427. The molecule has 1 atom stereocenters. The van der Waals surface area contributed by atoms with E-state index in [0.717, 1.165) is 37.0 Å². The SMILES string of the molecule is C[C@@H](OC(=O)CN1C(=O)CCOc2ccccc21)C(=O)NC12CC3CC(CC(C3)C1)C2. The molecule has 0 unspecified atom stereocenters. The molecule has 1 heterocycles. The first-order valence-corrected chi connectivity index (χ1v) is 11.4. The third-order valence-corrected chi connectivity index (χ3v) is 7.42. The van der Waals surface area contributed by atoms with E-state index >= 15 is 0 Å². The number of nitrogens with zero attached hydrogens (tertiary/aromatic N) is 1. The number of carbonyl (C=O) groups excluding carboxylic acids is 3. The predicted octanol–water partition coefficient (Wildman–Crippen LogP) is 2.82. The maximum atomic E-state index is 12.9. The smallest absolute Gasteiger partial charge is 0.326 e. The van der Waals surface area contributed by atoms with Crippen molar-refractivity contribution in [2.24, 2.45) is 17.8 Å². The molecule has 7 heteroatoms. The van der Waals surface area contributed by atoms with Crippen LogP contribution in [0.5, 0.6) is 5.75 Å². The van der Waals surface area contributed by atoms with Gasteiger partial charge in [0.1, 0.15) is 12.3 Å². The van der Waals surface area contributed by atoms with Crippen molar-refractivity contribution in [2.75, 3.05) is 18.1 Å². The second kappa shape index (κ2) is 7.84. The van der Waals surface area contributed by atoms with Gasteiger partial charge in [-0.05, 0) is 75.3 Å². The lowest BCUT2D eigenvalue weighted by atomic mass is 9.53. The molecule has 1 aliphatic heterocycles.